The molecule has 1 N–H and O–H groups in total. The van der Waals surface area contributed by atoms with Crippen molar-refractivity contribution in [3.8, 4) is 11.3 Å². The molecule has 14 heavy (non-hydrogen) atoms. The lowest BCUT2D eigenvalue weighted by atomic mass is 10.2. The average Bonchev–Trinajstić information content (AvgIpc) is 2.68. The Morgan fingerprint density at radius 1 is 1.29 bits per heavy atom. The molecule has 5 heteroatoms. The fourth-order valence-electron chi connectivity index (χ4n) is 1.12. The average molecular weight is 205 g/mol. The van der Waals surface area contributed by atoms with Crippen molar-refractivity contribution in [2.24, 2.45) is 0 Å². The van der Waals surface area contributed by atoms with Gasteiger partial charge >= 0.3 is 0 Å². The molecule has 0 saturated heterocycles. The SMILES string of the molecule is O=CNc1snnc1-c1ccccc1. The minimum Gasteiger partial charge on any atom is -0.317 e. The summed E-state index contributed by atoms with van der Waals surface area (Å²) in [6, 6.07) is 9.61. The molecule has 0 aliphatic carbocycles. The molecule has 0 bridgehead atoms. The molecule has 70 valence electrons. The summed E-state index contributed by atoms with van der Waals surface area (Å²) in [4.78, 5) is 10.3. The maximum Gasteiger partial charge on any atom is 0.212 e. The van der Waals surface area contributed by atoms with Crippen LogP contribution in [0.2, 0.25) is 0 Å². The fourth-order valence-corrected chi connectivity index (χ4v) is 1.67. The van der Waals surface area contributed by atoms with Gasteiger partial charge in [-0.2, -0.15) is 0 Å². The van der Waals surface area contributed by atoms with Crippen molar-refractivity contribution in [2.45, 2.75) is 0 Å². The summed E-state index contributed by atoms with van der Waals surface area (Å²) < 4.78 is 3.79. The zero-order chi connectivity index (χ0) is 9.80. The summed E-state index contributed by atoms with van der Waals surface area (Å²) >= 11 is 1.17. The van der Waals surface area contributed by atoms with Crippen molar-refractivity contribution in [2.75, 3.05) is 5.32 Å². The lowest BCUT2D eigenvalue weighted by Crippen LogP contribution is -1.92. The summed E-state index contributed by atoms with van der Waals surface area (Å²) in [5.41, 5.74) is 1.66. The standard InChI is InChI=1S/C9H7N3OS/c13-6-10-9-8(11-12-14-9)7-4-2-1-3-5-7/h1-6H,(H,10,13). The first-order valence-corrected chi connectivity index (χ1v) is 4.77. The van der Waals surface area contributed by atoms with Crippen LogP contribution in [-0.2, 0) is 4.79 Å². The predicted octanol–water partition coefficient (Wildman–Crippen LogP) is 1.77. The number of hydrogen-bond acceptors (Lipinski definition) is 4. The van der Waals surface area contributed by atoms with Crippen LogP contribution in [0.4, 0.5) is 5.00 Å². The van der Waals surface area contributed by atoms with Gasteiger partial charge in [0.2, 0.25) is 6.41 Å². The number of anilines is 1. The van der Waals surface area contributed by atoms with E-state index in [1.165, 1.54) is 11.5 Å². The minimum atomic E-state index is 0.627. The Hall–Kier alpha value is -1.75. The normalized spacial score (nSPS) is 9.71. The third-order valence-electron chi connectivity index (χ3n) is 1.73. The van der Waals surface area contributed by atoms with Crippen LogP contribution >= 0.6 is 11.5 Å². The van der Waals surface area contributed by atoms with Crippen LogP contribution in [0.5, 0.6) is 0 Å². The predicted molar refractivity (Wildman–Crippen MR) is 55.0 cm³/mol. The quantitative estimate of drug-likeness (QED) is 0.777. The number of hydrogen-bond donors (Lipinski definition) is 1. The van der Waals surface area contributed by atoms with Crippen molar-refractivity contribution in [1.82, 2.24) is 9.59 Å². The second kappa shape index (κ2) is 3.97. The van der Waals surface area contributed by atoms with Gasteiger partial charge in [-0.25, -0.2) is 0 Å². The molecule has 0 atom stereocenters. The zero-order valence-corrected chi connectivity index (χ0v) is 7.99. The van der Waals surface area contributed by atoms with Crippen LogP contribution in [0.1, 0.15) is 0 Å². The van der Waals surface area contributed by atoms with Crippen molar-refractivity contribution >= 4 is 22.9 Å². The molecule has 0 aliphatic rings. The van der Waals surface area contributed by atoms with E-state index in [0.29, 0.717) is 17.1 Å². The van der Waals surface area contributed by atoms with Crippen LogP contribution in [0.3, 0.4) is 0 Å². The topological polar surface area (TPSA) is 54.9 Å². The lowest BCUT2D eigenvalue weighted by molar-refractivity contribution is -0.105. The van der Waals surface area contributed by atoms with E-state index in [-0.39, 0.29) is 0 Å². The Morgan fingerprint density at radius 2 is 2.07 bits per heavy atom. The van der Waals surface area contributed by atoms with Crippen LogP contribution in [-0.4, -0.2) is 16.0 Å². The van der Waals surface area contributed by atoms with E-state index < -0.39 is 0 Å². The highest BCUT2D eigenvalue weighted by molar-refractivity contribution is 7.10. The second-order valence-corrected chi connectivity index (χ2v) is 3.33. The lowest BCUT2D eigenvalue weighted by Gasteiger charge is -1.97. The van der Waals surface area contributed by atoms with Gasteiger partial charge in [0.15, 0.2) is 0 Å². The van der Waals surface area contributed by atoms with E-state index in [9.17, 15) is 4.79 Å². The molecule has 1 heterocycles. The third kappa shape index (κ3) is 1.62. The minimum absolute atomic E-state index is 0.627. The van der Waals surface area contributed by atoms with Gasteiger partial charge in [0.1, 0.15) is 10.7 Å². The van der Waals surface area contributed by atoms with Gasteiger partial charge in [-0.1, -0.05) is 34.8 Å². The number of aromatic nitrogens is 2. The molecule has 4 nitrogen and oxygen atoms in total. The van der Waals surface area contributed by atoms with Gasteiger partial charge in [-0.3, -0.25) is 4.79 Å². The highest BCUT2D eigenvalue weighted by Crippen LogP contribution is 2.27. The zero-order valence-electron chi connectivity index (χ0n) is 7.18. The van der Waals surface area contributed by atoms with Gasteiger partial charge in [0, 0.05) is 17.1 Å². The maximum atomic E-state index is 10.3. The van der Waals surface area contributed by atoms with E-state index in [1.54, 1.807) is 0 Å². The first-order chi connectivity index (χ1) is 6.92. The van der Waals surface area contributed by atoms with Gasteiger partial charge in [0.05, 0.1) is 0 Å². The van der Waals surface area contributed by atoms with E-state index in [2.05, 4.69) is 14.9 Å². The monoisotopic (exact) mass is 205 g/mol. The number of amides is 1. The summed E-state index contributed by atoms with van der Waals surface area (Å²) in [7, 11) is 0. The second-order valence-electron chi connectivity index (χ2n) is 2.58. The van der Waals surface area contributed by atoms with Crippen molar-refractivity contribution < 1.29 is 4.79 Å². The van der Waals surface area contributed by atoms with Crippen LogP contribution in [0.15, 0.2) is 30.3 Å². The third-order valence-corrected chi connectivity index (χ3v) is 2.38. The molecule has 0 spiro atoms. The number of benzene rings is 1. The van der Waals surface area contributed by atoms with Gasteiger partial charge < -0.3 is 5.32 Å². The molecular weight excluding hydrogens is 198 g/mol. The fraction of sp³-hybridized carbons (Fsp3) is 0. The number of carbonyl (C=O) groups is 1. The highest BCUT2D eigenvalue weighted by atomic mass is 32.1. The first kappa shape index (κ1) is 8.83. The molecular formula is C9H7N3OS. The number of nitrogens with zero attached hydrogens (tertiary/aromatic N) is 2. The molecule has 0 unspecified atom stereocenters. The number of rotatable bonds is 3. The van der Waals surface area contributed by atoms with Gasteiger partial charge in [-0.05, 0) is 0 Å². The summed E-state index contributed by atoms with van der Waals surface area (Å²) in [5.74, 6) is 0. The molecule has 0 fully saturated rings. The molecule has 0 aliphatic heterocycles. The number of carbonyl (C=O) groups excluding carboxylic acids is 1. The smallest absolute Gasteiger partial charge is 0.212 e. The molecule has 0 saturated carbocycles. The molecule has 0 radical (unpaired) electrons. The number of nitrogens with one attached hydrogen (secondary N) is 1. The Labute approximate surface area is 84.8 Å². The van der Waals surface area contributed by atoms with Crippen molar-refractivity contribution in [1.29, 1.82) is 0 Å². The maximum absolute atomic E-state index is 10.3. The van der Waals surface area contributed by atoms with Crippen LogP contribution < -0.4 is 5.32 Å². The summed E-state index contributed by atoms with van der Waals surface area (Å²) in [5, 5.41) is 7.19. The molecule has 1 aromatic carbocycles. The van der Waals surface area contributed by atoms with Crippen LogP contribution in [0, 0.1) is 0 Å². The van der Waals surface area contributed by atoms with E-state index in [4.69, 9.17) is 0 Å². The highest BCUT2D eigenvalue weighted by Gasteiger charge is 2.08. The molecule has 1 aromatic heterocycles. The Balaban J connectivity index is 2.41. The van der Waals surface area contributed by atoms with Gasteiger partial charge in [0.25, 0.3) is 0 Å². The first-order valence-electron chi connectivity index (χ1n) is 4.00. The van der Waals surface area contributed by atoms with Crippen LogP contribution in [0.25, 0.3) is 11.3 Å². The van der Waals surface area contributed by atoms with Crippen molar-refractivity contribution in [3.63, 3.8) is 0 Å². The van der Waals surface area contributed by atoms with E-state index in [1.807, 2.05) is 30.3 Å². The molecule has 2 rings (SSSR count). The Kier molecular flexibility index (Phi) is 2.51. The molecule has 1 amide bonds. The van der Waals surface area contributed by atoms with Crippen molar-refractivity contribution in [3.05, 3.63) is 30.3 Å². The largest absolute Gasteiger partial charge is 0.317 e. The summed E-state index contributed by atoms with van der Waals surface area (Å²) in [6.45, 7) is 0. The molecule has 2 aromatic rings. The van der Waals surface area contributed by atoms with E-state index in [0.717, 1.165) is 5.56 Å². The van der Waals surface area contributed by atoms with Gasteiger partial charge in [-0.15, -0.1) is 5.10 Å². The summed E-state index contributed by atoms with van der Waals surface area (Å²) in [6.07, 6.45) is 0.627. The Bertz CT molecular complexity index is 427. The Morgan fingerprint density at radius 3 is 2.79 bits per heavy atom. The van der Waals surface area contributed by atoms with E-state index >= 15 is 0 Å².